The van der Waals surface area contributed by atoms with Gasteiger partial charge in [0, 0.05) is 19.1 Å². The van der Waals surface area contributed by atoms with Gasteiger partial charge in [-0.3, -0.25) is 0 Å². The van der Waals surface area contributed by atoms with Crippen molar-refractivity contribution in [3.8, 4) is 0 Å². The van der Waals surface area contributed by atoms with E-state index >= 15 is 0 Å². The molecule has 1 fully saturated rings. The van der Waals surface area contributed by atoms with E-state index in [0.29, 0.717) is 11.9 Å². The molecule has 2 rings (SSSR count). The second-order valence-corrected chi connectivity index (χ2v) is 4.40. The van der Waals surface area contributed by atoms with Crippen LogP contribution in [0, 0.1) is 0 Å². The quantitative estimate of drug-likeness (QED) is 0.545. The minimum Gasteiger partial charge on any atom is -0.381 e. The molecule has 16 heavy (non-hydrogen) atoms. The van der Waals surface area contributed by atoms with Crippen molar-refractivity contribution in [2.45, 2.75) is 44.5 Å². The minimum absolute atomic E-state index is 0.444. The highest BCUT2D eigenvalue weighted by Crippen LogP contribution is 2.36. The molecule has 0 aliphatic heterocycles. The molecule has 0 atom stereocenters. The Bertz CT molecular complexity index is 336. The third-order valence-electron chi connectivity index (χ3n) is 2.69. The molecule has 1 heterocycles. The number of ether oxygens (including phenoxy) is 1. The first-order valence-corrected chi connectivity index (χ1v) is 6.46. The summed E-state index contributed by atoms with van der Waals surface area (Å²) in [5, 5.41) is 8.31. The molecule has 0 amide bonds. The third-order valence-corrected chi connectivity index (χ3v) is 2.93. The monoisotopic (exact) mass is 243 g/mol. The van der Waals surface area contributed by atoms with Crippen molar-refractivity contribution < 1.29 is 4.74 Å². The van der Waals surface area contributed by atoms with Crippen molar-refractivity contribution in [2.24, 2.45) is 0 Å². The van der Waals surface area contributed by atoms with Crippen molar-refractivity contribution >= 4 is 11.6 Å². The van der Waals surface area contributed by atoms with Gasteiger partial charge in [0.2, 0.25) is 0 Å². The number of rotatable bonds is 7. The summed E-state index contributed by atoms with van der Waals surface area (Å²) >= 11 is 5.85. The smallest absolute Gasteiger partial charge is 0.148 e. The van der Waals surface area contributed by atoms with E-state index in [-0.39, 0.29) is 0 Å². The molecule has 4 nitrogen and oxygen atoms in total. The second kappa shape index (κ2) is 5.64. The highest BCUT2D eigenvalue weighted by molar-refractivity contribution is 6.16. The zero-order chi connectivity index (χ0) is 11.4. The molecule has 1 aromatic heterocycles. The second-order valence-electron chi connectivity index (χ2n) is 4.13. The number of hydrogen-bond acceptors (Lipinski definition) is 3. The molecule has 1 saturated carbocycles. The van der Waals surface area contributed by atoms with Crippen LogP contribution in [0.4, 0.5) is 0 Å². The van der Waals surface area contributed by atoms with E-state index < -0.39 is 0 Å². The first-order chi connectivity index (χ1) is 7.86. The van der Waals surface area contributed by atoms with E-state index in [9.17, 15) is 0 Å². The van der Waals surface area contributed by atoms with Crippen LogP contribution in [0.25, 0.3) is 0 Å². The molecule has 1 aliphatic carbocycles. The zero-order valence-electron chi connectivity index (χ0n) is 9.65. The third kappa shape index (κ3) is 2.74. The minimum atomic E-state index is 0.444. The van der Waals surface area contributed by atoms with Gasteiger partial charge in [0.05, 0.1) is 12.5 Å². The van der Waals surface area contributed by atoms with E-state index in [0.717, 1.165) is 37.7 Å². The molecule has 0 saturated heterocycles. The molecule has 0 N–H and O–H groups in total. The van der Waals surface area contributed by atoms with Crippen LogP contribution in [0.3, 0.4) is 0 Å². The summed E-state index contributed by atoms with van der Waals surface area (Å²) in [4.78, 5) is 0. The molecule has 5 heteroatoms. The summed E-state index contributed by atoms with van der Waals surface area (Å²) in [7, 11) is 0. The zero-order valence-corrected chi connectivity index (χ0v) is 10.4. The Morgan fingerprint density at radius 3 is 2.69 bits per heavy atom. The fourth-order valence-corrected chi connectivity index (χ4v) is 1.97. The lowest BCUT2D eigenvalue weighted by Gasteiger charge is -2.07. The number of aromatic nitrogens is 3. The highest BCUT2D eigenvalue weighted by atomic mass is 35.5. The van der Waals surface area contributed by atoms with Gasteiger partial charge in [-0.25, -0.2) is 0 Å². The normalized spacial score (nSPS) is 15.6. The van der Waals surface area contributed by atoms with Gasteiger partial charge < -0.3 is 9.30 Å². The molecule has 0 radical (unpaired) electrons. The van der Waals surface area contributed by atoms with Gasteiger partial charge in [0.1, 0.15) is 11.6 Å². The average molecular weight is 244 g/mol. The van der Waals surface area contributed by atoms with Gasteiger partial charge >= 0.3 is 0 Å². The van der Waals surface area contributed by atoms with E-state index in [1.807, 2.05) is 0 Å². The fraction of sp³-hybridized carbons (Fsp3) is 0.818. The van der Waals surface area contributed by atoms with Gasteiger partial charge in [-0.15, -0.1) is 21.8 Å². The highest BCUT2D eigenvalue weighted by Gasteiger charge is 2.28. The van der Waals surface area contributed by atoms with Crippen molar-refractivity contribution in [1.82, 2.24) is 14.8 Å². The van der Waals surface area contributed by atoms with E-state index in [4.69, 9.17) is 16.3 Å². The number of hydrogen-bond donors (Lipinski definition) is 0. The van der Waals surface area contributed by atoms with Crippen molar-refractivity contribution in [3.05, 3.63) is 11.6 Å². The predicted octanol–water partition coefficient (Wildman–Crippen LogP) is 2.32. The SMILES string of the molecule is CCCOCCc1nnc(CCl)n1C1CC1. The van der Waals surface area contributed by atoms with Crippen LogP contribution >= 0.6 is 11.6 Å². The summed E-state index contributed by atoms with van der Waals surface area (Å²) in [5.74, 6) is 2.36. The Balaban J connectivity index is 1.94. The van der Waals surface area contributed by atoms with Crippen LogP contribution in [0.2, 0.25) is 0 Å². The maximum atomic E-state index is 5.85. The average Bonchev–Trinajstić information content (AvgIpc) is 3.06. The predicted molar refractivity (Wildman–Crippen MR) is 62.7 cm³/mol. The van der Waals surface area contributed by atoms with Crippen LogP contribution in [0.1, 0.15) is 43.9 Å². The summed E-state index contributed by atoms with van der Waals surface area (Å²) in [5.41, 5.74) is 0. The van der Waals surface area contributed by atoms with Crippen LogP contribution in [0.15, 0.2) is 0 Å². The van der Waals surface area contributed by atoms with E-state index in [2.05, 4.69) is 21.7 Å². The van der Waals surface area contributed by atoms with E-state index in [1.165, 1.54) is 12.8 Å². The first-order valence-electron chi connectivity index (χ1n) is 5.93. The number of nitrogens with zero attached hydrogens (tertiary/aromatic N) is 3. The molecule has 1 aromatic rings. The molecule has 0 unspecified atom stereocenters. The lowest BCUT2D eigenvalue weighted by Crippen LogP contribution is -2.08. The van der Waals surface area contributed by atoms with Crippen molar-refractivity contribution in [1.29, 1.82) is 0 Å². The summed E-state index contributed by atoms with van der Waals surface area (Å²) in [6, 6.07) is 0.588. The topological polar surface area (TPSA) is 39.9 Å². The summed E-state index contributed by atoms with van der Waals surface area (Å²) in [6.07, 6.45) is 4.35. The molecule has 0 bridgehead atoms. The first kappa shape index (κ1) is 11.9. The lowest BCUT2D eigenvalue weighted by atomic mass is 10.4. The fourth-order valence-electron chi connectivity index (χ4n) is 1.79. The molecule has 0 aromatic carbocycles. The van der Waals surface area contributed by atoms with Gasteiger partial charge in [0.15, 0.2) is 0 Å². The van der Waals surface area contributed by atoms with Gasteiger partial charge in [-0.2, -0.15) is 0 Å². The molecule has 1 aliphatic rings. The van der Waals surface area contributed by atoms with Gasteiger partial charge in [-0.1, -0.05) is 6.92 Å². The van der Waals surface area contributed by atoms with Crippen molar-refractivity contribution in [2.75, 3.05) is 13.2 Å². The Labute approximate surface area is 101 Å². The van der Waals surface area contributed by atoms with Gasteiger partial charge in [0.25, 0.3) is 0 Å². The maximum Gasteiger partial charge on any atom is 0.148 e. The van der Waals surface area contributed by atoms with Crippen LogP contribution in [0.5, 0.6) is 0 Å². The Morgan fingerprint density at radius 2 is 2.06 bits per heavy atom. The maximum absolute atomic E-state index is 5.85. The molecular weight excluding hydrogens is 226 g/mol. The number of alkyl halides is 1. The lowest BCUT2D eigenvalue weighted by molar-refractivity contribution is 0.136. The molecule has 90 valence electrons. The number of halogens is 1. The Hall–Kier alpha value is -0.610. The van der Waals surface area contributed by atoms with Crippen LogP contribution in [-0.4, -0.2) is 28.0 Å². The van der Waals surface area contributed by atoms with Crippen molar-refractivity contribution in [3.63, 3.8) is 0 Å². The largest absolute Gasteiger partial charge is 0.381 e. The summed E-state index contributed by atoms with van der Waals surface area (Å²) in [6.45, 7) is 3.65. The van der Waals surface area contributed by atoms with Gasteiger partial charge in [-0.05, 0) is 19.3 Å². The van der Waals surface area contributed by atoms with Crippen LogP contribution < -0.4 is 0 Å². The van der Waals surface area contributed by atoms with E-state index in [1.54, 1.807) is 0 Å². The standard InChI is InChI=1S/C11H18ClN3O/c1-2-6-16-7-5-10-13-14-11(8-12)15(10)9-3-4-9/h9H,2-8H2,1H3. The summed E-state index contributed by atoms with van der Waals surface area (Å²) < 4.78 is 7.67. The van der Waals surface area contributed by atoms with Crippen LogP contribution in [-0.2, 0) is 17.0 Å². The molecule has 0 spiro atoms. The Kier molecular flexibility index (Phi) is 4.18. The molecular formula is C11H18ClN3O. The Morgan fingerprint density at radius 1 is 1.31 bits per heavy atom.